The zero-order chi connectivity index (χ0) is 14.9. The summed E-state index contributed by atoms with van der Waals surface area (Å²) >= 11 is 0. The third-order valence-corrected chi connectivity index (χ3v) is 4.84. The molecule has 0 spiro atoms. The minimum Gasteiger partial charge on any atom is -0.370 e. The van der Waals surface area contributed by atoms with Crippen molar-refractivity contribution < 1.29 is 4.39 Å². The number of pyridine rings is 1. The van der Waals surface area contributed by atoms with Gasteiger partial charge in [-0.15, -0.1) is 0 Å². The molecule has 2 N–H and O–H groups in total. The van der Waals surface area contributed by atoms with Gasteiger partial charge in [-0.1, -0.05) is 25.7 Å². The molecular weight excluding hydrogens is 267 g/mol. The Morgan fingerprint density at radius 2 is 1.95 bits per heavy atom. The predicted molar refractivity (Wildman–Crippen MR) is 81.4 cm³/mol. The Hall–Kier alpha value is -1.65. The Balaban J connectivity index is 1.93. The van der Waals surface area contributed by atoms with E-state index in [4.69, 9.17) is 5.73 Å². The average Bonchev–Trinajstić information content (AvgIpc) is 2.67. The predicted octanol–water partition coefficient (Wildman–Crippen LogP) is 2.79. The van der Waals surface area contributed by atoms with Crippen molar-refractivity contribution in [2.24, 2.45) is 10.7 Å². The standard InChI is InChI=1S/C16H23FN4/c1-16(12-8-13(17)10-19-9-12)11-20-15(18)21(16)14-6-4-2-3-5-7-14/h8-10,14H,2-7,11H2,1H3,(H2,18,20). The van der Waals surface area contributed by atoms with Crippen molar-refractivity contribution >= 4 is 5.96 Å². The number of nitrogens with two attached hydrogens (primary N) is 1. The van der Waals surface area contributed by atoms with Gasteiger partial charge in [-0.2, -0.15) is 0 Å². The zero-order valence-corrected chi connectivity index (χ0v) is 12.6. The van der Waals surface area contributed by atoms with E-state index in [1.807, 2.05) is 0 Å². The highest BCUT2D eigenvalue weighted by molar-refractivity contribution is 5.81. The molecule has 114 valence electrons. The fourth-order valence-electron chi connectivity index (χ4n) is 3.68. The topological polar surface area (TPSA) is 54.5 Å². The van der Waals surface area contributed by atoms with E-state index in [-0.39, 0.29) is 11.4 Å². The van der Waals surface area contributed by atoms with Crippen molar-refractivity contribution in [2.75, 3.05) is 6.54 Å². The molecule has 1 aliphatic carbocycles. The maximum atomic E-state index is 13.6. The second-order valence-electron chi connectivity index (χ2n) is 6.36. The van der Waals surface area contributed by atoms with Gasteiger partial charge in [0.15, 0.2) is 5.96 Å². The van der Waals surface area contributed by atoms with E-state index in [1.165, 1.54) is 31.9 Å². The molecule has 1 fully saturated rings. The molecule has 3 rings (SSSR count). The third kappa shape index (κ3) is 2.61. The number of halogens is 1. The Morgan fingerprint density at radius 3 is 2.62 bits per heavy atom. The molecule has 0 bridgehead atoms. The van der Waals surface area contributed by atoms with Gasteiger partial charge in [0.1, 0.15) is 5.82 Å². The Morgan fingerprint density at radius 1 is 1.24 bits per heavy atom. The minimum atomic E-state index is -0.381. The molecule has 0 saturated heterocycles. The second kappa shape index (κ2) is 5.62. The highest BCUT2D eigenvalue weighted by Crippen LogP contribution is 2.37. The van der Waals surface area contributed by atoms with Crippen molar-refractivity contribution in [2.45, 2.75) is 57.0 Å². The summed E-state index contributed by atoms with van der Waals surface area (Å²) < 4.78 is 13.6. The lowest BCUT2D eigenvalue weighted by Crippen LogP contribution is -2.52. The van der Waals surface area contributed by atoms with E-state index in [9.17, 15) is 4.39 Å². The summed E-state index contributed by atoms with van der Waals surface area (Å²) in [5, 5.41) is 0. The van der Waals surface area contributed by atoms with Crippen LogP contribution in [0.2, 0.25) is 0 Å². The molecule has 0 aromatic carbocycles. The molecule has 1 atom stereocenters. The van der Waals surface area contributed by atoms with Gasteiger partial charge in [-0.25, -0.2) is 4.39 Å². The van der Waals surface area contributed by atoms with Crippen molar-refractivity contribution in [1.82, 2.24) is 9.88 Å². The summed E-state index contributed by atoms with van der Waals surface area (Å²) in [5.41, 5.74) is 6.65. The van der Waals surface area contributed by atoms with E-state index in [2.05, 4.69) is 21.8 Å². The second-order valence-corrected chi connectivity index (χ2v) is 6.36. The lowest BCUT2D eigenvalue weighted by atomic mass is 9.89. The lowest BCUT2D eigenvalue weighted by Gasteiger charge is -2.42. The van der Waals surface area contributed by atoms with Crippen molar-refractivity contribution in [3.8, 4) is 0 Å². The van der Waals surface area contributed by atoms with E-state index in [0.29, 0.717) is 18.5 Å². The number of aliphatic imine (C=N–C) groups is 1. The molecule has 1 aliphatic heterocycles. The highest BCUT2D eigenvalue weighted by atomic mass is 19.1. The van der Waals surface area contributed by atoms with Crippen molar-refractivity contribution in [3.05, 3.63) is 29.8 Å². The zero-order valence-electron chi connectivity index (χ0n) is 12.6. The normalized spacial score (nSPS) is 27.5. The van der Waals surface area contributed by atoms with Crippen molar-refractivity contribution in [1.29, 1.82) is 0 Å². The van der Waals surface area contributed by atoms with Crippen LogP contribution in [0.3, 0.4) is 0 Å². The molecule has 2 aliphatic rings. The maximum absolute atomic E-state index is 13.6. The number of aromatic nitrogens is 1. The molecule has 0 radical (unpaired) electrons. The van der Waals surface area contributed by atoms with Gasteiger partial charge >= 0.3 is 0 Å². The Labute approximate surface area is 125 Å². The third-order valence-electron chi connectivity index (χ3n) is 4.84. The maximum Gasteiger partial charge on any atom is 0.192 e. The summed E-state index contributed by atoms with van der Waals surface area (Å²) in [6.45, 7) is 2.66. The van der Waals surface area contributed by atoms with Crippen LogP contribution in [0.15, 0.2) is 23.5 Å². The molecule has 2 heterocycles. The quantitative estimate of drug-likeness (QED) is 0.852. The SMILES string of the molecule is CC1(c2cncc(F)c2)CN=C(N)N1C1CCCCCC1. The van der Waals surface area contributed by atoms with Gasteiger partial charge in [0.25, 0.3) is 0 Å². The molecule has 1 unspecified atom stereocenters. The molecule has 0 amide bonds. The van der Waals surface area contributed by atoms with Crippen LogP contribution >= 0.6 is 0 Å². The number of hydrogen-bond donors (Lipinski definition) is 1. The summed E-state index contributed by atoms with van der Waals surface area (Å²) in [6.07, 6.45) is 10.3. The highest BCUT2D eigenvalue weighted by Gasteiger charge is 2.43. The van der Waals surface area contributed by atoms with E-state index < -0.39 is 0 Å². The van der Waals surface area contributed by atoms with Gasteiger partial charge < -0.3 is 10.6 Å². The molecule has 1 aromatic heterocycles. The van der Waals surface area contributed by atoms with Gasteiger partial charge in [0.2, 0.25) is 0 Å². The first-order chi connectivity index (χ1) is 10.1. The summed E-state index contributed by atoms with van der Waals surface area (Å²) in [5.74, 6) is 0.286. The van der Waals surface area contributed by atoms with Crippen LogP contribution in [-0.2, 0) is 5.54 Å². The van der Waals surface area contributed by atoms with Crippen LogP contribution in [0, 0.1) is 5.82 Å². The minimum absolute atomic E-state index is 0.306. The first-order valence-corrected chi connectivity index (χ1v) is 7.81. The number of nitrogens with zero attached hydrogens (tertiary/aromatic N) is 3. The van der Waals surface area contributed by atoms with Crippen LogP contribution in [-0.4, -0.2) is 28.4 Å². The number of hydrogen-bond acceptors (Lipinski definition) is 4. The van der Waals surface area contributed by atoms with Crippen LogP contribution < -0.4 is 5.73 Å². The summed E-state index contributed by atoms with van der Waals surface area (Å²) in [4.78, 5) is 10.7. The first kappa shape index (κ1) is 14.3. The molecule has 21 heavy (non-hydrogen) atoms. The van der Waals surface area contributed by atoms with Crippen LogP contribution in [0.5, 0.6) is 0 Å². The molecule has 4 nitrogen and oxygen atoms in total. The first-order valence-electron chi connectivity index (χ1n) is 7.81. The molecule has 1 aromatic rings. The van der Waals surface area contributed by atoms with E-state index in [0.717, 1.165) is 18.4 Å². The lowest BCUT2D eigenvalue weighted by molar-refractivity contribution is 0.151. The number of rotatable bonds is 2. The largest absolute Gasteiger partial charge is 0.370 e. The number of guanidine groups is 1. The van der Waals surface area contributed by atoms with E-state index in [1.54, 1.807) is 12.3 Å². The average molecular weight is 290 g/mol. The monoisotopic (exact) mass is 290 g/mol. The van der Waals surface area contributed by atoms with Gasteiger partial charge in [-0.05, 0) is 25.8 Å². The summed E-state index contributed by atoms with van der Waals surface area (Å²) in [7, 11) is 0. The summed E-state index contributed by atoms with van der Waals surface area (Å²) in [6, 6.07) is 1.96. The fraction of sp³-hybridized carbons (Fsp3) is 0.625. The van der Waals surface area contributed by atoms with Crippen LogP contribution in [0.25, 0.3) is 0 Å². The van der Waals surface area contributed by atoms with Gasteiger partial charge in [-0.3, -0.25) is 9.98 Å². The Bertz CT molecular complexity index is 537. The van der Waals surface area contributed by atoms with Crippen molar-refractivity contribution in [3.63, 3.8) is 0 Å². The molecular formula is C16H23FN4. The van der Waals surface area contributed by atoms with Crippen LogP contribution in [0.4, 0.5) is 4.39 Å². The molecule has 1 saturated carbocycles. The Kier molecular flexibility index (Phi) is 3.83. The van der Waals surface area contributed by atoms with Gasteiger partial charge in [0.05, 0.1) is 18.3 Å². The van der Waals surface area contributed by atoms with Gasteiger partial charge in [0, 0.05) is 17.8 Å². The van der Waals surface area contributed by atoms with Crippen LogP contribution in [0.1, 0.15) is 51.0 Å². The van der Waals surface area contributed by atoms with E-state index >= 15 is 0 Å². The smallest absolute Gasteiger partial charge is 0.192 e. The fourth-order valence-corrected chi connectivity index (χ4v) is 3.68. The molecule has 5 heteroatoms.